The first-order valence-corrected chi connectivity index (χ1v) is 11.0. The van der Waals surface area contributed by atoms with E-state index in [1.54, 1.807) is 6.07 Å². The lowest BCUT2D eigenvalue weighted by atomic mass is 9.89. The first-order valence-electron chi connectivity index (χ1n) is 9.98. The maximum absolute atomic E-state index is 11.4. The summed E-state index contributed by atoms with van der Waals surface area (Å²) in [4.78, 5) is 18.8. The van der Waals surface area contributed by atoms with Crippen LogP contribution < -0.4 is 0 Å². The Kier molecular flexibility index (Phi) is 5.20. The van der Waals surface area contributed by atoms with Crippen molar-refractivity contribution in [3.63, 3.8) is 0 Å². The molecule has 1 aliphatic heterocycles. The van der Waals surface area contributed by atoms with Gasteiger partial charge in [0.25, 0.3) is 5.69 Å². The second kappa shape index (κ2) is 7.59. The van der Waals surface area contributed by atoms with Crippen molar-refractivity contribution in [3.05, 3.63) is 33.4 Å². The molecule has 2 aliphatic carbocycles. The van der Waals surface area contributed by atoms with Gasteiger partial charge in [0, 0.05) is 29.5 Å². The van der Waals surface area contributed by atoms with Crippen molar-refractivity contribution >= 4 is 28.3 Å². The SMILES string of the molecule is CCC1CSC(=Nc2ccc([N+](=O)[O-])c3c2CCCC3)N1C1CCCC1. The summed E-state index contributed by atoms with van der Waals surface area (Å²) < 4.78 is 0. The maximum atomic E-state index is 11.4. The first-order chi connectivity index (χ1) is 12.7. The third-order valence-electron chi connectivity index (χ3n) is 6.11. The number of thioether (sulfide) groups is 1. The Morgan fingerprint density at radius 1 is 1.19 bits per heavy atom. The molecular weight excluding hydrogens is 346 g/mol. The number of fused-ring (bicyclic) bond motifs is 1. The van der Waals surface area contributed by atoms with E-state index in [4.69, 9.17) is 4.99 Å². The van der Waals surface area contributed by atoms with Gasteiger partial charge in [0.15, 0.2) is 5.17 Å². The van der Waals surface area contributed by atoms with Crippen molar-refractivity contribution in [2.45, 2.75) is 76.8 Å². The largest absolute Gasteiger partial charge is 0.344 e. The van der Waals surface area contributed by atoms with E-state index in [-0.39, 0.29) is 10.6 Å². The number of nitrogens with zero attached hydrogens (tertiary/aromatic N) is 3. The van der Waals surface area contributed by atoms with E-state index in [2.05, 4.69) is 11.8 Å². The third kappa shape index (κ3) is 3.24. The van der Waals surface area contributed by atoms with Gasteiger partial charge in [0.1, 0.15) is 0 Å². The van der Waals surface area contributed by atoms with E-state index in [1.807, 2.05) is 17.8 Å². The van der Waals surface area contributed by atoms with Crippen molar-refractivity contribution in [2.24, 2.45) is 4.99 Å². The molecule has 4 rings (SSSR count). The average Bonchev–Trinajstić information content (AvgIpc) is 3.30. The Labute approximate surface area is 159 Å². The summed E-state index contributed by atoms with van der Waals surface area (Å²) in [5.41, 5.74) is 3.28. The summed E-state index contributed by atoms with van der Waals surface area (Å²) in [7, 11) is 0. The molecule has 3 aliphatic rings. The van der Waals surface area contributed by atoms with Gasteiger partial charge in [-0.3, -0.25) is 10.1 Å². The minimum atomic E-state index is -0.233. The number of hydrogen-bond donors (Lipinski definition) is 0. The zero-order chi connectivity index (χ0) is 18.1. The predicted molar refractivity (Wildman–Crippen MR) is 107 cm³/mol. The van der Waals surface area contributed by atoms with Crippen LogP contribution in [0.4, 0.5) is 11.4 Å². The van der Waals surface area contributed by atoms with Gasteiger partial charge in [-0.1, -0.05) is 31.5 Å². The van der Waals surface area contributed by atoms with Gasteiger partial charge in [0.2, 0.25) is 0 Å². The van der Waals surface area contributed by atoms with Crippen LogP contribution in [-0.4, -0.2) is 32.8 Å². The third-order valence-corrected chi connectivity index (χ3v) is 7.22. The molecule has 0 radical (unpaired) electrons. The molecule has 6 heteroatoms. The lowest BCUT2D eigenvalue weighted by molar-refractivity contribution is -0.385. The molecule has 5 nitrogen and oxygen atoms in total. The van der Waals surface area contributed by atoms with E-state index in [9.17, 15) is 10.1 Å². The summed E-state index contributed by atoms with van der Waals surface area (Å²) >= 11 is 1.87. The minimum Gasteiger partial charge on any atom is -0.344 e. The smallest absolute Gasteiger partial charge is 0.273 e. The number of nitro benzene ring substituents is 1. The highest BCUT2D eigenvalue weighted by Crippen LogP contribution is 2.39. The first kappa shape index (κ1) is 17.8. The Morgan fingerprint density at radius 2 is 1.92 bits per heavy atom. The molecule has 140 valence electrons. The Bertz CT molecular complexity index is 728. The Morgan fingerprint density at radius 3 is 2.62 bits per heavy atom. The monoisotopic (exact) mass is 373 g/mol. The van der Waals surface area contributed by atoms with Crippen molar-refractivity contribution < 1.29 is 4.92 Å². The molecule has 1 saturated carbocycles. The van der Waals surface area contributed by atoms with Crippen molar-refractivity contribution in [3.8, 4) is 0 Å². The topological polar surface area (TPSA) is 58.7 Å². The molecule has 0 spiro atoms. The second-order valence-electron chi connectivity index (χ2n) is 7.64. The van der Waals surface area contributed by atoms with Gasteiger partial charge in [0.05, 0.1) is 10.6 Å². The molecule has 26 heavy (non-hydrogen) atoms. The fourth-order valence-corrected chi connectivity index (χ4v) is 6.08. The summed E-state index contributed by atoms with van der Waals surface area (Å²) in [5, 5.41) is 12.5. The van der Waals surface area contributed by atoms with Crippen molar-refractivity contribution in [1.29, 1.82) is 0 Å². The normalized spacial score (nSPS) is 25.0. The fourth-order valence-electron chi connectivity index (χ4n) is 4.73. The van der Waals surface area contributed by atoms with E-state index in [0.29, 0.717) is 12.1 Å². The molecule has 1 aromatic rings. The van der Waals surface area contributed by atoms with Gasteiger partial charge in [-0.05, 0) is 56.6 Å². The summed E-state index contributed by atoms with van der Waals surface area (Å²) in [5.74, 6) is 1.11. The summed E-state index contributed by atoms with van der Waals surface area (Å²) in [6, 6.07) is 4.75. The van der Waals surface area contributed by atoms with Crippen LogP contribution in [0.3, 0.4) is 0 Å². The number of amidine groups is 1. The van der Waals surface area contributed by atoms with Crippen molar-refractivity contribution in [1.82, 2.24) is 4.90 Å². The van der Waals surface area contributed by atoms with Crippen LogP contribution in [0.2, 0.25) is 0 Å². The number of rotatable bonds is 4. The molecule has 1 heterocycles. The highest BCUT2D eigenvalue weighted by Gasteiger charge is 2.36. The predicted octanol–water partition coefficient (Wildman–Crippen LogP) is 5.23. The molecule has 1 aromatic carbocycles. The Hall–Kier alpha value is -1.56. The van der Waals surface area contributed by atoms with Gasteiger partial charge in [-0.25, -0.2) is 4.99 Å². The van der Waals surface area contributed by atoms with Crippen LogP contribution in [0, 0.1) is 10.1 Å². The quantitative estimate of drug-likeness (QED) is 0.535. The van der Waals surface area contributed by atoms with Crippen LogP contribution >= 0.6 is 11.8 Å². The van der Waals surface area contributed by atoms with E-state index in [0.717, 1.165) is 59.8 Å². The maximum Gasteiger partial charge on any atom is 0.273 e. The molecule has 0 aromatic heterocycles. The zero-order valence-corrected chi connectivity index (χ0v) is 16.3. The number of nitro groups is 1. The van der Waals surface area contributed by atoms with E-state index >= 15 is 0 Å². The van der Waals surface area contributed by atoms with Gasteiger partial charge in [-0.2, -0.15) is 0 Å². The van der Waals surface area contributed by atoms with Crippen LogP contribution in [0.1, 0.15) is 63.0 Å². The number of hydrogen-bond acceptors (Lipinski definition) is 4. The standard InChI is InChI=1S/C20H27N3O2S/c1-2-14-13-26-20(22(14)15-7-3-4-8-15)21-18-11-12-19(23(24)25)17-10-6-5-9-16(17)18/h11-12,14-15H,2-10,13H2,1H3. The molecule has 1 atom stereocenters. The van der Waals surface area contributed by atoms with Crippen LogP contribution in [0.5, 0.6) is 0 Å². The molecule has 0 amide bonds. The molecule has 1 unspecified atom stereocenters. The number of benzene rings is 1. The minimum absolute atomic E-state index is 0.233. The molecular formula is C20H27N3O2S. The van der Waals surface area contributed by atoms with Gasteiger partial charge < -0.3 is 4.90 Å². The average molecular weight is 374 g/mol. The van der Waals surface area contributed by atoms with E-state index in [1.165, 1.54) is 25.7 Å². The Balaban J connectivity index is 1.72. The summed E-state index contributed by atoms with van der Waals surface area (Å²) in [6.07, 6.45) is 10.2. The summed E-state index contributed by atoms with van der Waals surface area (Å²) in [6.45, 7) is 2.27. The lowest BCUT2D eigenvalue weighted by Gasteiger charge is -2.31. The lowest BCUT2D eigenvalue weighted by Crippen LogP contribution is -2.40. The van der Waals surface area contributed by atoms with E-state index < -0.39 is 0 Å². The zero-order valence-electron chi connectivity index (χ0n) is 15.4. The fraction of sp³-hybridized carbons (Fsp3) is 0.650. The van der Waals surface area contributed by atoms with Gasteiger partial charge >= 0.3 is 0 Å². The van der Waals surface area contributed by atoms with Crippen LogP contribution in [0.25, 0.3) is 0 Å². The molecule has 1 saturated heterocycles. The van der Waals surface area contributed by atoms with Crippen LogP contribution in [0.15, 0.2) is 17.1 Å². The molecule has 2 fully saturated rings. The van der Waals surface area contributed by atoms with Crippen molar-refractivity contribution in [2.75, 3.05) is 5.75 Å². The van der Waals surface area contributed by atoms with Gasteiger partial charge in [-0.15, -0.1) is 0 Å². The number of aliphatic imine (C=N–C) groups is 1. The second-order valence-corrected chi connectivity index (χ2v) is 8.63. The van der Waals surface area contributed by atoms with Crippen LogP contribution in [-0.2, 0) is 12.8 Å². The highest BCUT2D eigenvalue weighted by molar-refractivity contribution is 8.14. The highest BCUT2D eigenvalue weighted by atomic mass is 32.2. The molecule has 0 bridgehead atoms. The molecule has 0 N–H and O–H groups in total.